The van der Waals surface area contributed by atoms with Gasteiger partial charge < -0.3 is 14.9 Å². The van der Waals surface area contributed by atoms with Crippen molar-refractivity contribution in [2.45, 2.75) is 19.4 Å². The minimum absolute atomic E-state index is 0.0104. The Morgan fingerprint density at radius 3 is 2.48 bits per heavy atom. The normalized spacial score (nSPS) is 13.0. The molecule has 0 bridgehead atoms. The number of aliphatic carboxylic acids is 1. The third-order valence-electron chi connectivity index (χ3n) is 2.70. The number of carbonyl (C=O) groups is 1. The molecule has 0 saturated heterocycles. The predicted octanol–water partition coefficient (Wildman–Crippen LogP) is 0.344. The minimum atomic E-state index is -3.73. The van der Waals surface area contributed by atoms with Gasteiger partial charge in [0, 0.05) is 6.61 Å². The van der Waals surface area contributed by atoms with Crippen LogP contribution in [0.2, 0.25) is 0 Å². The molecule has 0 spiro atoms. The van der Waals surface area contributed by atoms with Crippen molar-refractivity contribution in [3.05, 3.63) is 29.8 Å². The molecule has 118 valence electrons. The van der Waals surface area contributed by atoms with E-state index in [0.29, 0.717) is 12.2 Å². The summed E-state index contributed by atoms with van der Waals surface area (Å²) in [5, 5.41) is 18.3. The molecule has 0 unspecified atom stereocenters. The highest BCUT2D eigenvalue weighted by atomic mass is 32.2. The summed E-state index contributed by atoms with van der Waals surface area (Å²) in [7, 11) is -3.73. The van der Waals surface area contributed by atoms with Crippen molar-refractivity contribution in [2.75, 3.05) is 19.0 Å². The van der Waals surface area contributed by atoms with Crippen LogP contribution in [0.1, 0.15) is 12.5 Å². The summed E-state index contributed by atoms with van der Waals surface area (Å²) < 4.78 is 30.6. The topological polar surface area (TPSA) is 113 Å². The summed E-state index contributed by atoms with van der Waals surface area (Å²) in [6.07, 6.45) is -0.0104. The lowest BCUT2D eigenvalue weighted by molar-refractivity contribution is -0.138. The second kappa shape index (κ2) is 7.96. The zero-order valence-electron chi connectivity index (χ0n) is 11.7. The highest BCUT2D eigenvalue weighted by molar-refractivity contribution is 7.89. The second-order valence-corrected chi connectivity index (χ2v) is 6.27. The van der Waals surface area contributed by atoms with Gasteiger partial charge in [-0.3, -0.25) is 4.79 Å². The summed E-state index contributed by atoms with van der Waals surface area (Å²) in [5.41, 5.74) is 0.604. The van der Waals surface area contributed by atoms with Gasteiger partial charge in [-0.1, -0.05) is 12.1 Å². The fourth-order valence-electron chi connectivity index (χ4n) is 1.64. The van der Waals surface area contributed by atoms with Crippen LogP contribution in [-0.2, 0) is 26.0 Å². The molecule has 1 aromatic carbocycles. The molecule has 7 nitrogen and oxygen atoms in total. The molecule has 0 aliphatic carbocycles. The number of ether oxygens (including phenoxy) is 1. The molecule has 0 radical (unpaired) electrons. The Morgan fingerprint density at radius 2 is 1.95 bits per heavy atom. The standard InChI is InChI=1S/C13H19NO6S/c1-2-20-7-8-21(18,19)14-12(13(16)17)9-10-3-5-11(15)6-4-10/h3-6,12,14-15H,2,7-9H2,1H3,(H,16,17)/t12-/m1/s1. The number of nitrogens with one attached hydrogen (secondary N) is 1. The van der Waals surface area contributed by atoms with Gasteiger partial charge >= 0.3 is 5.97 Å². The molecule has 0 fully saturated rings. The van der Waals surface area contributed by atoms with E-state index in [9.17, 15) is 13.2 Å². The number of benzene rings is 1. The van der Waals surface area contributed by atoms with E-state index in [1.807, 2.05) is 0 Å². The number of carboxylic acid groups (broad SMARTS) is 1. The lowest BCUT2D eigenvalue weighted by Crippen LogP contribution is -2.43. The average Bonchev–Trinajstić information content (AvgIpc) is 2.40. The second-order valence-electron chi connectivity index (χ2n) is 4.40. The van der Waals surface area contributed by atoms with Gasteiger partial charge in [0.15, 0.2) is 0 Å². The molecule has 0 amide bonds. The molecule has 21 heavy (non-hydrogen) atoms. The van der Waals surface area contributed by atoms with E-state index in [4.69, 9.17) is 14.9 Å². The van der Waals surface area contributed by atoms with Gasteiger partial charge in [-0.2, -0.15) is 0 Å². The first-order valence-corrected chi connectivity index (χ1v) is 8.07. The van der Waals surface area contributed by atoms with E-state index < -0.39 is 22.0 Å². The monoisotopic (exact) mass is 317 g/mol. The highest BCUT2D eigenvalue weighted by Crippen LogP contribution is 2.11. The van der Waals surface area contributed by atoms with E-state index in [2.05, 4.69) is 4.72 Å². The van der Waals surface area contributed by atoms with Gasteiger partial charge in [0.2, 0.25) is 10.0 Å². The van der Waals surface area contributed by atoms with Gasteiger partial charge in [-0.15, -0.1) is 0 Å². The van der Waals surface area contributed by atoms with Crippen LogP contribution < -0.4 is 4.72 Å². The predicted molar refractivity (Wildman–Crippen MR) is 76.7 cm³/mol. The van der Waals surface area contributed by atoms with Crippen molar-refractivity contribution in [2.24, 2.45) is 0 Å². The lowest BCUT2D eigenvalue weighted by Gasteiger charge is -2.15. The zero-order valence-corrected chi connectivity index (χ0v) is 12.5. The molecule has 0 aliphatic heterocycles. The summed E-state index contributed by atoms with van der Waals surface area (Å²) in [5.74, 6) is -1.49. The number of aromatic hydroxyl groups is 1. The van der Waals surface area contributed by atoms with Crippen LogP contribution in [-0.4, -0.2) is 49.6 Å². The Morgan fingerprint density at radius 1 is 1.33 bits per heavy atom. The van der Waals surface area contributed by atoms with Crippen molar-refractivity contribution in [1.82, 2.24) is 4.72 Å². The molecule has 3 N–H and O–H groups in total. The van der Waals surface area contributed by atoms with Crippen LogP contribution in [0.15, 0.2) is 24.3 Å². The molecule has 1 rings (SSSR count). The van der Waals surface area contributed by atoms with Gasteiger partial charge in [0.1, 0.15) is 11.8 Å². The summed E-state index contributed by atoms with van der Waals surface area (Å²) >= 11 is 0. The van der Waals surface area contributed by atoms with Crippen LogP contribution in [0.3, 0.4) is 0 Å². The Kier molecular flexibility index (Phi) is 6.60. The first-order valence-electron chi connectivity index (χ1n) is 6.42. The van der Waals surface area contributed by atoms with Crippen LogP contribution in [0.25, 0.3) is 0 Å². The number of sulfonamides is 1. The largest absolute Gasteiger partial charge is 0.508 e. The Balaban J connectivity index is 2.69. The van der Waals surface area contributed by atoms with Crippen molar-refractivity contribution >= 4 is 16.0 Å². The molecular weight excluding hydrogens is 298 g/mol. The number of hydrogen-bond donors (Lipinski definition) is 3. The average molecular weight is 317 g/mol. The van der Waals surface area contributed by atoms with E-state index in [1.54, 1.807) is 19.1 Å². The third-order valence-corrected chi connectivity index (χ3v) is 4.04. The number of rotatable bonds is 9. The molecule has 8 heteroatoms. The van der Waals surface area contributed by atoms with Crippen molar-refractivity contribution in [1.29, 1.82) is 0 Å². The maximum atomic E-state index is 11.8. The zero-order chi connectivity index (χ0) is 15.9. The van der Waals surface area contributed by atoms with Crippen LogP contribution in [0.4, 0.5) is 0 Å². The molecule has 0 aliphatic rings. The molecule has 1 aromatic rings. The van der Waals surface area contributed by atoms with Crippen molar-refractivity contribution in [3.63, 3.8) is 0 Å². The molecule has 0 heterocycles. The number of carboxylic acids is 1. The number of phenols is 1. The van der Waals surface area contributed by atoms with E-state index in [0.717, 1.165) is 0 Å². The van der Waals surface area contributed by atoms with Gasteiger partial charge in [0.05, 0.1) is 12.4 Å². The van der Waals surface area contributed by atoms with Crippen LogP contribution in [0.5, 0.6) is 5.75 Å². The fraction of sp³-hybridized carbons (Fsp3) is 0.462. The van der Waals surface area contributed by atoms with Gasteiger partial charge in [0.25, 0.3) is 0 Å². The minimum Gasteiger partial charge on any atom is -0.508 e. The Hall–Kier alpha value is -1.64. The maximum Gasteiger partial charge on any atom is 0.322 e. The molecule has 1 atom stereocenters. The number of hydrogen-bond acceptors (Lipinski definition) is 5. The smallest absolute Gasteiger partial charge is 0.322 e. The summed E-state index contributed by atoms with van der Waals surface area (Å²) in [4.78, 5) is 11.2. The Labute approximate surface area is 123 Å². The summed E-state index contributed by atoms with van der Waals surface area (Å²) in [6, 6.07) is 4.65. The van der Waals surface area contributed by atoms with E-state index >= 15 is 0 Å². The van der Waals surface area contributed by atoms with Crippen LogP contribution in [0, 0.1) is 0 Å². The van der Waals surface area contributed by atoms with Crippen LogP contribution >= 0.6 is 0 Å². The first kappa shape index (κ1) is 17.4. The first-order chi connectivity index (χ1) is 9.84. The fourth-order valence-corrected chi connectivity index (χ4v) is 2.71. The number of phenolic OH excluding ortho intramolecular Hbond substituents is 1. The third kappa shape index (κ3) is 6.56. The maximum absolute atomic E-state index is 11.8. The summed E-state index contributed by atoms with van der Waals surface area (Å²) in [6.45, 7) is 2.15. The van der Waals surface area contributed by atoms with E-state index in [1.165, 1.54) is 12.1 Å². The SMILES string of the molecule is CCOCCS(=O)(=O)N[C@H](Cc1ccc(O)cc1)C(=O)O. The molecular formula is C13H19NO6S. The lowest BCUT2D eigenvalue weighted by atomic mass is 10.1. The molecule has 0 aromatic heterocycles. The van der Waals surface area contributed by atoms with E-state index in [-0.39, 0.29) is 24.5 Å². The highest BCUT2D eigenvalue weighted by Gasteiger charge is 2.24. The van der Waals surface area contributed by atoms with Gasteiger partial charge in [-0.05, 0) is 31.0 Å². The quantitative estimate of drug-likeness (QED) is 0.566. The van der Waals surface area contributed by atoms with Crippen molar-refractivity contribution < 1.29 is 28.2 Å². The Bertz CT molecular complexity index is 555. The molecule has 0 saturated carbocycles. The van der Waals surface area contributed by atoms with Crippen molar-refractivity contribution in [3.8, 4) is 5.75 Å². The van der Waals surface area contributed by atoms with Gasteiger partial charge in [-0.25, -0.2) is 13.1 Å².